The first kappa shape index (κ1) is 13.9. The third kappa shape index (κ3) is 4.38. The van der Waals surface area contributed by atoms with Crippen molar-refractivity contribution in [3.63, 3.8) is 0 Å². The molecule has 0 aliphatic heterocycles. The number of amides is 1. The monoisotopic (exact) mass is 247 g/mol. The molecule has 3 nitrogen and oxygen atoms in total. The minimum absolute atomic E-state index is 0.0451. The van der Waals surface area contributed by atoms with Gasteiger partial charge in [0.15, 0.2) is 5.78 Å². The predicted octanol–water partition coefficient (Wildman–Crippen LogP) is 1.91. The lowest BCUT2D eigenvalue weighted by Crippen LogP contribution is -2.20. The van der Waals surface area contributed by atoms with Crippen molar-refractivity contribution >= 4 is 11.7 Å². The van der Waals surface area contributed by atoms with Gasteiger partial charge in [-0.2, -0.15) is 0 Å². The van der Waals surface area contributed by atoms with E-state index in [1.165, 1.54) is 32.0 Å². The number of Topliss-reactive ketones (excluding diaryl/α,β-unsaturated/α-hetero) is 1. The Labute approximate surface area is 105 Å². The van der Waals surface area contributed by atoms with Crippen LogP contribution in [-0.4, -0.2) is 18.2 Å². The van der Waals surface area contributed by atoms with Crippen LogP contribution in [0, 0.1) is 17.7 Å². The molecule has 18 heavy (non-hydrogen) atoms. The summed E-state index contributed by atoms with van der Waals surface area (Å²) in [6, 6.07) is 4.19. The number of hydrogen-bond acceptors (Lipinski definition) is 2. The zero-order valence-corrected chi connectivity index (χ0v) is 10.3. The van der Waals surface area contributed by atoms with Crippen molar-refractivity contribution in [2.24, 2.45) is 0 Å². The third-order valence-corrected chi connectivity index (χ3v) is 2.20. The van der Waals surface area contributed by atoms with Crippen molar-refractivity contribution in [1.29, 1.82) is 0 Å². The molecule has 0 saturated carbocycles. The van der Waals surface area contributed by atoms with E-state index in [-0.39, 0.29) is 17.3 Å². The SMILES string of the molecule is CC(=O)NCCC#Cc1ccc(F)c(C(C)=O)c1. The molecule has 94 valence electrons. The number of halogens is 1. The van der Waals surface area contributed by atoms with E-state index >= 15 is 0 Å². The molecule has 1 aromatic carbocycles. The highest BCUT2D eigenvalue weighted by atomic mass is 19.1. The minimum atomic E-state index is -0.536. The summed E-state index contributed by atoms with van der Waals surface area (Å²) in [6.45, 7) is 3.22. The Hall–Kier alpha value is -2.15. The summed E-state index contributed by atoms with van der Waals surface area (Å²) in [4.78, 5) is 21.7. The molecule has 0 radical (unpaired) electrons. The fraction of sp³-hybridized carbons (Fsp3) is 0.286. The van der Waals surface area contributed by atoms with Crippen LogP contribution < -0.4 is 5.32 Å². The molecule has 0 aromatic heterocycles. The van der Waals surface area contributed by atoms with E-state index in [1.807, 2.05) is 0 Å². The van der Waals surface area contributed by atoms with Gasteiger partial charge in [0.05, 0.1) is 5.56 Å². The maximum absolute atomic E-state index is 13.2. The fourth-order valence-corrected chi connectivity index (χ4v) is 1.34. The van der Waals surface area contributed by atoms with Crippen LogP contribution in [0.5, 0.6) is 0 Å². The third-order valence-electron chi connectivity index (χ3n) is 2.20. The highest BCUT2D eigenvalue weighted by molar-refractivity contribution is 5.94. The second-order valence-electron chi connectivity index (χ2n) is 3.79. The second kappa shape index (κ2) is 6.55. The largest absolute Gasteiger partial charge is 0.355 e. The van der Waals surface area contributed by atoms with Crippen molar-refractivity contribution in [2.45, 2.75) is 20.3 Å². The summed E-state index contributed by atoms with van der Waals surface area (Å²) < 4.78 is 13.2. The standard InChI is InChI=1S/C14H14FNO2/c1-10(17)13-9-12(6-7-14(13)15)5-3-4-8-16-11(2)18/h6-7,9H,4,8H2,1-2H3,(H,16,18). The molecule has 0 spiro atoms. The van der Waals surface area contributed by atoms with E-state index < -0.39 is 5.82 Å². The topological polar surface area (TPSA) is 46.2 Å². The number of benzene rings is 1. The first-order valence-corrected chi connectivity index (χ1v) is 5.54. The quantitative estimate of drug-likeness (QED) is 0.504. The minimum Gasteiger partial charge on any atom is -0.355 e. The van der Waals surface area contributed by atoms with Crippen molar-refractivity contribution in [1.82, 2.24) is 5.32 Å². The first-order valence-electron chi connectivity index (χ1n) is 5.54. The van der Waals surface area contributed by atoms with Gasteiger partial charge in [0, 0.05) is 25.5 Å². The van der Waals surface area contributed by atoms with Crippen molar-refractivity contribution in [2.75, 3.05) is 6.54 Å². The number of ketones is 1. The molecule has 0 fully saturated rings. The van der Waals surface area contributed by atoms with Gasteiger partial charge in [-0.1, -0.05) is 11.8 Å². The zero-order valence-electron chi connectivity index (χ0n) is 10.3. The molecule has 0 aliphatic rings. The van der Waals surface area contributed by atoms with E-state index in [9.17, 15) is 14.0 Å². The van der Waals surface area contributed by atoms with E-state index in [0.717, 1.165) is 0 Å². The molecule has 0 heterocycles. The van der Waals surface area contributed by atoms with Crippen molar-refractivity contribution < 1.29 is 14.0 Å². The smallest absolute Gasteiger partial charge is 0.216 e. The molecule has 0 atom stereocenters. The maximum atomic E-state index is 13.2. The molecule has 0 saturated heterocycles. The molecule has 4 heteroatoms. The summed E-state index contributed by atoms with van der Waals surface area (Å²) >= 11 is 0. The lowest BCUT2D eigenvalue weighted by Gasteiger charge is -1.99. The summed E-state index contributed by atoms with van der Waals surface area (Å²) in [5, 5.41) is 2.61. The summed E-state index contributed by atoms with van der Waals surface area (Å²) in [5.41, 5.74) is 0.632. The molecule has 1 N–H and O–H groups in total. The molecular weight excluding hydrogens is 233 g/mol. The molecule has 0 aliphatic carbocycles. The van der Waals surface area contributed by atoms with Crippen LogP contribution in [0.1, 0.15) is 36.2 Å². The Balaban J connectivity index is 2.68. The van der Waals surface area contributed by atoms with Gasteiger partial charge in [0.1, 0.15) is 5.82 Å². The van der Waals surface area contributed by atoms with Crippen LogP contribution in [0.25, 0.3) is 0 Å². The van der Waals surface area contributed by atoms with Crippen LogP contribution in [0.2, 0.25) is 0 Å². The lowest BCUT2D eigenvalue weighted by molar-refractivity contribution is -0.118. The Bertz CT molecular complexity index is 526. The highest BCUT2D eigenvalue weighted by Crippen LogP contribution is 2.10. The normalized spacial score (nSPS) is 9.28. The number of carbonyl (C=O) groups is 2. The number of rotatable bonds is 3. The zero-order chi connectivity index (χ0) is 13.5. The Morgan fingerprint density at radius 2 is 2.06 bits per heavy atom. The Morgan fingerprint density at radius 1 is 1.33 bits per heavy atom. The van der Waals surface area contributed by atoms with Gasteiger partial charge < -0.3 is 5.32 Å². The Morgan fingerprint density at radius 3 is 2.67 bits per heavy atom. The van der Waals surface area contributed by atoms with Gasteiger partial charge in [-0.05, 0) is 25.1 Å². The molecule has 1 rings (SSSR count). The van der Waals surface area contributed by atoms with E-state index in [0.29, 0.717) is 18.5 Å². The van der Waals surface area contributed by atoms with Gasteiger partial charge in [-0.15, -0.1) is 0 Å². The number of hydrogen-bond donors (Lipinski definition) is 1. The summed E-state index contributed by atoms with van der Waals surface area (Å²) in [6.07, 6.45) is 0.506. The first-order chi connectivity index (χ1) is 8.50. The van der Waals surface area contributed by atoms with Gasteiger partial charge in [0.25, 0.3) is 0 Å². The fourth-order valence-electron chi connectivity index (χ4n) is 1.34. The number of carbonyl (C=O) groups excluding carboxylic acids is 2. The lowest BCUT2D eigenvalue weighted by atomic mass is 10.1. The van der Waals surface area contributed by atoms with Crippen LogP contribution >= 0.6 is 0 Å². The van der Waals surface area contributed by atoms with E-state index in [1.54, 1.807) is 0 Å². The average molecular weight is 247 g/mol. The summed E-state index contributed by atoms with van der Waals surface area (Å²) in [5.74, 6) is 4.70. The molecular formula is C14H14FNO2. The summed E-state index contributed by atoms with van der Waals surface area (Å²) in [7, 11) is 0. The molecule has 0 bridgehead atoms. The van der Waals surface area contributed by atoms with E-state index in [4.69, 9.17) is 0 Å². The molecule has 0 unspecified atom stereocenters. The van der Waals surface area contributed by atoms with Crippen LogP contribution in [0.4, 0.5) is 4.39 Å². The second-order valence-corrected chi connectivity index (χ2v) is 3.79. The average Bonchev–Trinajstić information content (AvgIpc) is 2.30. The van der Waals surface area contributed by atoms with E-state index in [2.05, 4.69) is 17.2 Å². The van der Waals surface area contributed by atoms with Gasteiger partial charge in [-0.3, -0.25) is 9.59 Å². The van der Waals surface area contributed by atoms with Crippen LogP contribution in [0.15, 0.2) is 18.2 Å². The van der Waals surface area contributed by atoms with Crippen LogP contribution in [-0.2, 0) is 4.79 Å². The Kier molecular flexibility index (Phi) is 5.06. The van der Waals surface area contributed by atoms with Gasteiger partial charge in [0.2, 0.25) is 5.91 Å². The predicted molar refractivity (Wildman–Crippen MR) is 66.6 cm³/mol. The molecule has 1 aromatic rings. The van der Waals surface area contributed by atoms with Crippen molar-refractivity contribution in [3.05, 3.63) is 35.1 Å². The number of nitrogens with one attached hydrogen (secondary N) is 1. The van der Waals surface area contributed by atoms with Crippen LogP contribution in [0.3, 0.4) is 0 Å². The highest BCUT2D eigenvalue weighted by Gasteiger charge is 2.06. The van der Waals surface area contributed by atoms with Gasteiger partial charge in [-0.25, -0.2) is 4.39 Å². The van der Waals surface area contributed by atoms with Crippen molar-refractivity contribution in [3.8, 4) is 11.8 Å². The maximum Gasteiger partial charge on any atom is 0.216 e. The molecule has 1 amide bonds. The van der Waals surface area contributed by atoms with Gasteiger partial charge >= 0.3 is 0 Å².